The first-order valence-corrected chi connectivity index (χ1v) is 7.05. The van der Waals surface area contributed by atoms with Crippen molar-refractivity contribution in [1.82, 2.24) is 4.90 Å². The van der Waals surface area contributed by atoms with E-state index in [0.29, 0.717) is 18.0 Å². The second-order valence-electron chi connectivity index (χ2n) is 5.48. The summed E-state index contributed by atoms with van der Waals surface area (Å²) in [5.41, 5.74) is 0.951. The van der Waals surface area contributed by atoms with Crippen LogP contribution in [0.4, 0.5) is 0 Å². The van der Waals surface area contributed by atoms with E-state index in [-0.39, 0.29) is 17.9 Å². The molecule has 1 aliphatic rings. The lowest BCUT2D eigenvalue weighted by Gasteiger charge is -2.27. The topological polar surface area (TPSA) is 57.6 Å². The normalized spacial score (nSPS) is 20.8. The van der Waals surface area contributed by atoms with Gasteiger partial charge in [-0.15, -0.1) is 0 Å². The van der Waals surface area contributed by atoms with Crippen molar-refractivity contribution in [2.75, 3.05) is 0 Å². The minimum absolute atomic E-state index is 0.0246. The zero-order chi connectivity index (χ0) is 14.9. The minimum atomic E-state index is -0.880. The van der Waals surface area contributed by atoms with Crippen molar-refractivity contribution in [2.45, 2.75) is 32.9 Å². The zero-order valence-electron chi connectivity index (χ0n) is 11.5. The van der Waals surface area contributed by atoms with Crippen molar-refractivity contribution in [3.8, 4) is 0 Å². The van der Waals surface area contributed by atoms with Gasteiger partial charge in [-0.3, -0.25) is 9.59 Å². The highest BCUT2D eigenvalue weighted by molar-refractivity contribution is 6.30. The van der Waals surface area contributed by atoms with Crippen LogP contribution in [0.2, 0.25) is 5.02 Å². The van der Waals surface area contributed by atoms with E-state index in [1.807, 2.05) is 32.0 Å². The lowest BCUT2D eigenvalue weighted by molar-refractivity contribution is -0.142. The average Bonchev–Trinajstić information content (AvgIpc) is 3.15. The third-order valence-corrected chi connectivity index (χ3v) is 3.81. The van der Waals surface area contributed by atoms with Gasteiger partial charge in [0.15, 0.2) is 0 Å². The van der Waals surface area contributed by atoms with E-state index in [2.05, 4.69) is 0 Å². The number of hydrogen-bond donors (Lipinski definition) is 1. The molecule has 1 N–H and O–H groups in total. The van der Waals surface area contributed by atoms with Crippen LogP contribution in [0.25, 0.3) is 0 Å². The number of nitrogens with zero attached hydrogens (tertiary/aromatic N) is 1. The molecule has 0 heterocycles. The summed E-state index contributed by atoms with van der Waals surface area (Å²) in [7, 11) is 0. The summed E-state index contributed by atoms with van der Waals surface area (Å²) in [6.07, 6.45) is 0.451. The number of rotatable bonds is 5. The fraction of sp³-hybridized carbons (Fsp3) is 0.467. The van der Waals surface area contributed by atoms with Gasteiger partial charge in [-0.25, -0.2) is 0 Å². The van der Waals surface area contributed by atoms with E-state index in [4.69, 9.17) is 16.7 Å². The number of carboxylic acid groups (broad SMARTS) is 1. The van der Waals surface area contributed by atoms with Gasteiger partial charge >= 0.3 is 5.97 Å². The molecule has 108 valence electrons. The molecule has 0 aromatic heterocycles. The molecule has 0 spiro atoms. The van der Waals surface area contributed by atoms with Gasteiger partial charge in [0.2, 0.25) is 5.91 Å². The molecule has 0 saturated heterocycles. The summed E-state index contributed by atoms with van der Waals surface area (Å²) in [6.45, 7) is 4.32. The monoisotopic (exact) mass is 295 g/mol. The van der Waals surface area contributed by atoms with E-state index in [0.717, 1.165) is 5.56 Å². The Kier molecular flexibility index (Phi) is 4.33. The van der Waals surface area contributed by atoms with Crippen LogP contribution in [0.3, 0.4) is 0 Å². The molecule has 2 rings (SSSR count). The molecule has 1 saturated carbocycles. The number of carbonyl (C=O) groups excluding carboxylic acids is 1. The quantitative estimate of drug-likeness (QED) is 0.909. The van der Waals surface area contributed by atoms with Crippen molar-refractivity contribution in [1.29, 1.82) is 0 Å². The Balaban J connectivity index is 2.08. The predicted molar refractivity (Wildman–Crippen MR) is 76.4 cm³/mol. The molecule has 1 amide bonds. The second kappa shape index (κ2) is 5.83. The Morgan fingerprint density at radius 1 is 1.40 bits per heavy atom. The van der Waals surface area contributed by atoms with E-state index < -0.39 is 11.9 Å². The van der Waals surface area contributed by atoms with Crippen molar-refractivity contribution in [3.63, 3.8) is 0 Å². The largest absolute Gasteiger partial charge is 0.481 e. The molecule has 1 fully saturated rings. The van der Waals surface area contributed by atoms with Crippen LogP contribution in [0, 0.1) is 11.8 Å². The molecule has 0 aliphatic heterocycles. The molecule has 5 heteroatoms. The van der Waals surface area contributed by atoms with Gasteiger partial charge < -0.3 is 10.0 Å². The average molecular weight is 296 g/mol. The number of aliphatic carboxylic acids is 1. The molecular formula is C15H18ClNO3. The zero-order valence-corrected chi connectivity index (χ0v) is 12.3. The number of amides is 1. The van der Waals surface area contributed by atoms with Gasteiger partial charge in [0.05, 0.1) is 11.8 Å². The fourth-order valence-corrected chi connectivity index (χ4v) is 2.51. The van der Waals surface area contributed by atoms with Crippen LogP contribution < -0.4 is 0 Å². The molecule has 0 unspecified atom stereocenters. The predicted octanol–water partition coefficient (Wildman–Crippen LogP) is 2.80. The molecule has 20 heavy (non-hydrogen) atoms. The number of carboxylic acids is 1. The maximum absolute atomic E-state index is 12.4. The van der Waals surface area contributed by atoms with Crippen molar-refractivity contribution >= 4 is 23.5 Å². The second-order valence-corrected chi connectivity index (χ2v) is 5.91. The Bertz CT molecular complexity index is 530. The highest BCUT2D eigenvalue weighted by Gasteiger charge is 2.50. The Morgan fingerprint density at radius 3 is 2.60 bits per heavy atom. The summed E-state index contributed by atoms with van der Waals surface area (Å²) in [4.78, 5) is 25.0. The van der Waals surface area contributed by atoms with Crippen LogP contribution >= 0.6 is 11.6 Å². The van der Waals surface area contributed by atoms with Crippen LogP contribution in [0.1, 0.15) is 25.8 Å². The Labute approximate surface area is 123 Å². The molecule has 0 radical (unpaired) electrons. The maximum atomic E-state index is 12.4. The summed E-state index contributed by atoms with van der Waals surface area (Å²) in [5.74, 6) is -1.83. The smallest absolute Gasteiger partial charge is 0.307 e. The van der Waals surface area contributed by atoms with Crippen LogP contribution in [-0.2, 0) is 16.1 Å². The molecule has 4 nitrogen and oxygen atoms in total. The molecule has 1 aliphatic carbocycles. The summed E-state index contributed by atoms with van der Waals surface area (Å²) < 4.78 is 0. The molecular weight excluding hydrogens is 278 g/mol. The third kappa shape index (κ3) is 3.31. The van der Waals surface area contributed by atoms with Crippen molar-refractivity contribution in [2.24, 2.45) is 11.8 Å². The molecule has 1 aromatic rings. The molecule has 1 aromatic carbocycles. The lowest BCUT2D eigenvalue weighted by atomic mass is 10.1. The van der Waals surface area contributed by atoms with E-state index in [1.54, 1.807) is 11.0 Å². The lowest BCUT2D eigenvalue weighted by Crippen LogP contribution is -2.38. The van der Waals surface area contributed by atoms with E-state index in [1.165, 1.54) is 0 Å². The van der Waals surface area contributed by atoms with Gasteiger partial charge in [0, 0.05) is 17.6 Å². The van der Waals surface area contributed by atoms with Crippen molar-refractivity contribution < 1.29 is 14.7 Å². The van der Waals surface area contributed by atoms with Gasteiger partial charge in [-0.05, 0) is 38.0 Å². The fourth-order valence-electron chi connectivity index (χ4n) is 2.30. The SMILES string of the molecule is CC(C)N(Cc1cccc(Cl)c1)C(=O)[C@@H]1C[C@@H]1C(=O)O. The number of carbonyl (C=O) groups is 2. The first-order chi connectivity index (χ1) is 9.40. The number of benzene rings is 1. The van der Waals surface area contributed by atoms with Crippen molar-refractivity contribution in [3.05, 3.63) is 34.9 Å². The van der Waals surface area contributed by atoms with E-state index in [9.17, 15) is 9.59 Å². The van der Waals surface area contributed by atoms with Gasteiger partial charge in [0.1, 0.15) is 0 Å². The first-order valence-electron chi connectivity index (χ1n) is 6.68. The Hall–Kier alpha value is -1.55. The summed E-state index contributed by atoms with van der Waals surface area (Å²) in [5, 5.41) is 9.56. The maximum Gasteiger partial charge on any atom is 0.307 e. The summed E-state index contributed by atoms with van der Waals surface area (Å²) >= 11 is 5.95. The summed E-state index contributed by atoms with van der Waals surface area (Å²) in [6, 6.07) is 7.39. The minimum Gasteiger partial charge on any atom is -0.481 e. The highest BCUT2D eigenvalue weighted by atomic mass is 35.5. The van der Waals surface area contributed by atoms with Crippen LogP contribution in [0.15, 0.2) is 24.3 Å². The Morgan fingerprint density at radius 2 is 2.10 bits per heavy atom. The highest BCUT2D eigenvalue weighted by Crippen LogP contribution is 2.40. The third-order valence-electron chi connectivity index (χ3n) is 3.57. The number of halogens is 1. The van der Waals surface area contributed by atoms with Crippen LogP contribution in [-0.4, -0.2) is 27.9 Å². The standard InChI is InChI=1S/C15H18ClNO3/c1-9(2)17(8-10-4-3-5-11(16)6-10)14(18)12-7-13(12)15(19)20/h3-6,9,12-13H,7-8H2,1-2H3,(H,19,20)/t12-,13+/m1/s1. The molecule has 2 atom stereocenters. The van der Waals surface area contributed by atoms with Gasteiger partial charge in [-0.1, -0.05) is 23.7 Å². The molecule has 0 bridgehead atoms. The van der Waals surface area contributed by atoms with Crippen LogP contribution in [0.5, 0.6) is 0 Å². The van der Waals surface area contributed by atoms with Gasteiger partial charge in [-0.2, -0.15) is 0 Å². The van der Waals surface area contributed by atoms with E-state index >= 15 is 0 Å². The van der Waals surface area contributed by atoms with Gasteiger partial charge in [0.25, 0.3) is 0 Å². The first kappa shape index (κ1) is 14.9. The number of hydrogen-bond acceptors (Lipinski definition) is 2.